The highest BCUT2D eigenvalue weighted by molar-refractivity contribution is 5.32. The maximum atomic E-state index is 9.72. The third kappa shape index (κ3) is 11.4. The fourth-order valence-electron chi connectivity index (χ4n) is 1.32. The van der Waals surface area contributed by atoms with Gasteiger partial charge in [0.25, 0.3) is 0 Å². The van der Waals surface area contributed by atoms with Crippen molar-refractivity contribution in [3.63, 3.8) is 0 Å². The van der Waals surface area contributed by atoms with E-state index in [-0.39, 0.29) is 0 Å². The predicted molar refractivity (Wildman–Crippen MR) is 55.5 cm³/mol. The van der Waals surface area contributed by atoms with Gasteiger partial charge in [-0.1, -0.05) is 46.0 Å². The number of hydrogen-bond acceptors (Lipinski definition) is 2. The summed E-state index contributed by atoms with van der Waals surface area (Å²) in [5.41, 5.74) is 0. The lowest BCUT2D eigenvalue weighted by atomic mass is 10.0. The second-order valence-electron chi connectivity index (χ2n) is 3.92. The van der Waals surface area contributed by atoms with E-state index in [2.05, 4.69) is 18.8 Å². The topological polar surface area (TPSA) is 29.4 Å². The van der Waals surface area contributed by atoms with Crippen molar-refractivity contribution in [2.75, 3.05) is 6.54 Å². The zero-order valence-corrected chi connectivity index (χ0v) is 8.88. The van der Waals surface area contributed by atoms with Crippen molar-refractivity contribution in [1.82, 2.24) is 0 Å². The summed E-state index contributed by atoms with van der Waals surface area (Å²) in [6.45, 7) is 5.19. The molecule has 0 aromatic carbocycles. The minimum absolute atomic E-state index is 0.660. The van der Waals surface area contributed by atoms with Gasteiger partial charge < -0.3 is 0 Å². The lowest BCUT2D eigenvalue weighted by Crippen LogP contribution is -1.87. The summed E-state index contributed by atoms with van der Waals surface area (Å²) in [5.74, 6) is 0.833. The van der Waals surface area contributed by atoms with Crippen LogP contribution < -0.4 is 0 Å². The molecule has 0 aromatic heterocycles. The Morgan fingerprint density at radius 1 is 1.08 bits per heavy atom. The highest BCUT2D eigenvalue weighted by atomic mass is 16.1. The van der Waals surface area contributed by atoms with Crippen LogP contribution in [0.25, 0.3) is 0 Å². The van der Waals surface area contributed by atoms with Gasteiger partial charge in [-0.25, -0.2) is 9.79 Å². The zero-order chi connectivity index (χ0) is 9.94. The molecule has 0 aliphatic rings. The summed E-state index contributed by atoms with van der Waals surface area (Å²) in [5, 5.41) is 0. The van der Waals surface area contributed by atoms with Crippen LogP contribution in [0.2, 0.25) is 0 Å². The van der Waals surface area contributed by atoms with Crippen LogP contribution in [0.15, 0.2) is 4.99 Å². The third-order valence-corrected chi connectivity index (χ3v) is 2.12. The second-order valence-corrected chi connectivity index (χ2v) is 3.92. The lowest BCUT2D eigenvalue weighted by Gasteiger charge is -2.03. The molecule has 0 aromatic rings. The van der Waals surface area contributed by atoms with Gasteiger partial charge in [-0.15, -0.1) is 0 Å². The quantitative estimate of drug-likeness (QED) is 0.322. The van der Waals surface area contributed by atoms with Crippen molar-refractivity contribution in [3.8, 4) is 0 Å². The first-order valence-electron chi connectivity index (χ1n) is 5.31. The maximum absolute atomic E-state index is 9.72. The number of aliphatic imine (C=N–C) groups is 1. The molecule has 0 radical (unpaired) electrons. The van der Waals surface area contributed by atoms with Crippen LogP contribution in [-0.4, -0.2) is 12.6 Å². The summed E-state index contributed by atoms with van der Waals surface area (Å²) in [6, 6.07) is 0. The van der Waals surface area contributed by atoms with E-state index >= 15 is 0 Å². The SMILES string of the molecule is CC(C)CCCCCCCN=C=O. The van der Waals surface area contributed by atoms with E-state index in [1.807, 2.05) is 0 Å². The minimum atomic E-state index is 0.660. The van der Waals surface area contributed by atoms with Crippen LogP contribution in [0.1, 0.15) is 52.4 Å². The monoisotopic (exact) mass is 183 g/mol. The second kappa shape index (κ2) is 9.47. The van der Waals surface area contributed by atoms with Gasteiger partial charge in [0.15, 0.2) is 0 Å². The van der Waals surface area contributed by atoms with Crippen molar-refractivity contribution in [1.29, 1.82) is 0 Å². The third-order valence-electron chi connectivity index (χ3n) is 2.12. The van der Waals surface area contributed by atoms with E-state index in [1.54, 1.807) is 6.08 Å². The molecule has 13 heavy (non-hydrogen) atoms. The van der Waals surface area contributed by atoms with Crippen LogP contribution in [0.5, 0.6) is 0 Å². The molecular weight excluding hydrogens is 162 g/mol. The fourth-order valence-corrected chi connectivity index (χ4v) is 1.32. The average Bonchev–Trinajstić information content (AvgIpc) is 2.09. The standard InChI is InChI=1S/C11H21NO/c1-11(2)8-6-4-3-5-7-9-12-10-13/h11H,3-9H2,1-2H3. The molecule has 0 saturated carbocycles. The summed E-state index contributed by atoms with van der Waals surface area (Å²) in [7, 11) is 0. The molecule has 0 atom stereocenters. The summed E-state index contributed by atoms with van der Waals surface area (Å²) >= 11 is 0. The Hall–Kier alpha value is -0.620. The van der Waals surface area contributed by atoms with Crippen molar-refractivity contribution < 1.29 is 4.79 Å². The number of isocyanates is 1. The van der Waals surface area contributed by atoms with E-state index in [1.165, 1.54) is 32.1 Å². The summed E-state index contributed by atoms with van der Waals surface area (Å²) < 4.78 is 0. The van der Waals surface area contributed by atoms with E-state index in [9.17, 15) is 4.79 Å². The van der Waals surface area contributed by atoms with Crippen molar-refractivity contribution in [2.45, 2.75) is 52.4 Å². The maximum Gasteiger partial charge on any atom is 0.234 e. The molecule has 0 heterocycles. The molecule has 0 spiro atoms. The lowest BCUT2D eigenvalue weighted by molar-refractivity contribution is 0.515. The Balaban J connectivity index is 2.95. The van der Waals surface area contributed by atoms with Gasteiger partial charge in [-0.3, -0.25) is 0 Å². The zero-order valence-electron chi connectivity index (χ0n) is 8.88. The summed E-state index contributed by atoms with van der Waals surface area (Å²) in [4.78, 5) is 13.2. The molecule has 0 N–H and O–H groups in total. The van der Waals surface area contributed by atoms with Crippen molar-refractivity contribution >= 4 is 6.08 Å². The van der Waals surface area contributed by atoms with Gasteiger partial charge in [0, 0.05) is 0 Å². The van der Waals surface area contributed by atoms with Crippen molar-refractivity contribution in [2.24, 2.45) is 10.9 Å². The fraction of sp³-hybridized carbons (Fsp3) is 0.909. The molecule has 0 aliphatic carbocycles. The number of unbranched alkanes of at least 4 members (excludes halogenated alkanes) is 4. The predicted octanol–water partition coefficient (Wildman–Crippen LogP) is 3.32. The molecular formula is C11H21NO. The van der Waals surface area contributed by atoms with Gasteiger partial charge >= 0.3 is 0 Å². The normalized spacial score (nSPS) is 10.1. The molecule has 0 unspecified atom stereocenters. The van der Waals surface area contributed by atoms with Crippen LogP contribution in [0, 0.1) is 5.92 Å². The Kier molecular flexibility index (Phi) is 9.02. The Bertz CT molecular complexity index is 148. The highest BCUT2D eigenvalue weighted by Crippen LogP contribution is 2.10. The number of nitrogens with zero attached hydrogens (tertiary/aromatic N) is 1. The molecule has 0 fully saturated rings. The first kappa shape index (κ1) is 12.4. The molecule has 0 rings (SSSR count). The number of hydrogen-bond donors (Lipinski definition) is 0. The largest absolute Gasteiger partial charge is 0.234 e. The average molecular weight is 183 g/mol. The first-order valence-corrected chi connectivity index (χ1v) is 5.31. The Labute approximate surface area is 81.4 Å². The van der Waals surface area contributed by atoms with E-state index in [0.29, 0.717) is 6.54 Å². The number of carbonyl (C=O) groups excluding carboxylic acids is 1. The van der Waals surface area contributed by atoms with E-state index < -0.39 is 0 Å². The van der Waals surface area contributed by atoms with Crippen molar-refractivity contribution in [3.05, 3.63) is 0 Å². The molecule has 2 heteroatoms. The molecule has 0 saturated heterocycles. The highest BCUT2D eigenvalue weighted by Gasteiger charge is 1.94. The number of rotatable bonds is 8. The van der Waals surface area contributed by atoms with Crippen LogP contribution in [0.3, 0.4) is 0 Å². The Morgan fingerprint density at radius 2 is 1.69 bits per heavy atom. The van der Waals surface area contributed by atoms with Gasteiger partial charge in [0.2, 0.25) is 6.08 Å². The molecule has 76 valence electrons. The molecule has 0 amide bonds. The molecule has 0 bridgehead atoms. The molecule has 0 aliphatic heterocycles. The molecule has 2 nitrogen and oxygen atoms in total. The minimum Gasteiger partial charge on any atom is -0.211 e. The first-order chi connectivity index (χ1) is 6.27. The van der Waals surface area contributed by atoms with Crippen LogP contribution in [-0.2, 0) is 4.79 Å². The summed E-state index contributed by atoms with van der Waals surface area (Å²) in [6.07, 6.45) is 9.08. The van der Waals surface area contributed by atoms with Crippen LogP contribution in [0.4, 0.5) is 0 Å². The van der Waals surface area contributed by atoms with Gasteiger partial charge in [0.05, 0.1) is 6.54 Å². The van der Waals surface area contributed by atoms with E-state index in [4.69, 9.17) is 0 Å². The Morgan fingerprint density at radius 3 is 2.31 bits per heavy atom. The van der Waals surface area contributed by atoms with Gasteiger partial charge in [0.1, 0.15) is 0 Å². The van der Waals surface area contributed by atoms with Gasteiger partial charge in [-0.05, 0) is 12.3 Å². The smallest absolute Gasteiger partial charge is 0.211 e. The van der Waals surface area contributed by atoms with E-state index in [0.717, 1.165) is 12.3 Å². The van der Waals surface area contributed by atoms with Gasteiger partial charge in [-0.2, -0.15) is 0 Å². The van der Waals surface area contributed by atoms with Crippen LogP contribution >= 0.6 is 0 Å².